The third-order valence-corrected chi connectivity index (χ3v) is 4.67. The van der Waals surface area contributed by atoms with Crippen molar-refractivity contribution in [3.8, 4) is 5.75 Å². The van der Waals surface area contributed by atoms with Gasteiger partial charge in [-0.05, 0) is 37.1 Å². The number of hydrogen-bond donors (Lipinski definition) is 0. The zero-order valence-corrected chi connectivity index (χ0v) is 13.0. The van der Waals surface area contributed by atoms with Gasteiger partial charge in [0.1, 0.15) is 5.75 Å². The van der Waals surface area contributed by atoms with Crippen molar-refractivity contribution >= 4 is 0 Å². The minimum absolute atomic E-state index is 0.581. The molecule has 21 heavy (non-hydrogen) atoms. The Labute approximate surface area is 127 Å². The topological polar surface area (TPSA) is 24.9 Å². The first kappa shape index (κ1) is 14.8. The van der Waals surface area contributed by atoms with Crippen LogP contribution < -0.4 is 4.74 Å². The third kappa shape index (κ3) is 3.76. The largest absolute Gasteiger partial charge is 0.497 e. The predicted octanol–water partition coefficient (Wildman–Crippen LogP) is 2.16. The van der Waals surface area contributed by atoms with Crippen LogP contribution in [-0.2, 0) is 4.74 Å². The van der Waals surface area contributed by atoms with Gasteiger partial charge in [-0.3, -0.25) is 9.80 Å². The van der Waals surface area contributed by atoms with Crippen LogP contribution in [0.2, 0.25) is 0 Å². The molecule has 2 saturated heterocycles. The monoisotopic (exact) mass is 290 g/mol. The first-order chi connectivity index (χ1) is 10.4. The van der Waals surface area contributed by atoms with Gasteiger partial charge in [-0.15, -0.1) is 0 Å². The number of methoxy groups -OCH3 is 1. The minimum Gasteiger partial charge on any atom is -0.497 e. The standard InChI is InChI=1S/C17H26N2O2/c1-20-16-6-4-15(5-7-16)17-3-2-8-19(17)10-9-18-11-13-21-14-12-18/h4-7,17H,2-3,8-14H2,1H3. The van der Waals surface area contributed by atoms with Crippen molar-refractivity contribution in [2.24, 2.45) is 0 Å². The molecule has 2 fully saturated rings. The molecule has 0 spiro atoms. The van der Waals surface area contributed by atoms with E-state index in [1.807, 2.05) is 0 Å². The smallest absolute Gasteiger partial charge is 0.118 e. The maximum atomic E-state index is 5.42. The van der Waals surface area contributed by atoms with Crippen LogP contribution in [-0.4, -0.2) is 62.8 Å². The molecule has 1 aromatic rings. The lowest BCUT2D eigenvalue weighted by Crippen LogP contribution is -2.41. The van der Waals surface area contributed by atoms with Gasteiger partial charge in [0.15, 0.2) is 0 Å². The Hall–Kier alpha value is -1.10. The average molecular weight is 290 g/mol. The van der Waals surface area contributed by atoms with Gasteiger partial charge >= 0.3 is 0 Å². The van der Waals surface area contributed by atoms with Gasteiger partial charge in [0.05, 0.1) is 20.3 Å². The SMILES string of the molecule is COc1ccc(C2CCCN2CCN2CCOCC2)cc1. The minimum atomic E-state index is 0.581. The lowest BCUT2D eigenvalue weighted by molar-refractivity contribution is 0.0327. The molecule has 2 heterocycles. The molecule has 4 heteroatoms. The summed E-state index contributed by atoms with van der Waals surface area (Å²) >= 11 is 0. The van der Waals surface area contributed by atoms with Crippen molar-refractivity contribution < 1.29 is 9.47 Å². The van der Waals surface area contributed by atoms with Crippen LogP contribution >= 0.6 is 0 Å². The first-order valence-corrected chi connectivity index (χ1v) is 8.05. The molecule has 0 N–H and O–H groups in total. The van der Waals surface area contributed by atoms with E-state index in [1.165, 1.54) is 24.9 Å². The summed E-state index contributed by atoms with van der Waals surface area (Å²) in [6.07, 6.45) is 2.58. The van der Waals surface area contributed by atoms with E-state index >= 15 is 0 Å². The van der Waals surface area contributed by atoms with Gasteiger partial charge in [-0.25, -0.2) is 0 Å². The zero-order chi connectivity index (χ0) is 14.5. The molecule has 0 aliphatic carbocycles. The highest BCUT2D eigenvalue weighted by Crippen LogP contribution is 2.32. The molecule has 0 saturated carbocycles. The molecule has 1 unspecified atom stereocenters. The van der Waals surface area contributed by atoms with Crippen LogP contribution in [0.5, 0.6) is 5.75 Å². The molecular weight excluding hydrogens is 264 g/mol. The van der Waals surface area contributed by atoms with Crippen molar-refractivity contribution in [2.75, 3.05) is 53.0 Å². The highest BCUT2D eigenvalue weighted by Gasteiger charge is 2.26. The maximum Gasteiger partial charge on any atom is 0.118 e. The van der Waals surface area contributed by atoms with Gasteiger partial charge in [-0.1, -0.05) is 12.1 Å². The van der Waals surface area contributed by atoms with Crippen molar-refractivity contribution in [3.63, 3.8) is 0 Å². The molecule has 3 rings (SSSR count). The molecule has 1 aromatic carbocycles. The number of morpholine rings is 1. The molecule has 1 atom stereocenters. The number of ether oxygens (including phenoxy) is 2. The van der Waals surface area contributed by atoms with E-state index in [9.17, 15) is 0 Å². The Balaban J connectivity index is 1.56. The van der Waals surface area contributed by atoms with Crippen LogP contribution in [0.25, 0.3) is 0 Å². The van der Waals surface area contributed by atoms with E-state index in [0.29, 0.717) is 6.04 Å². The van der Waals surface area contributed by atoms with Crippen molar-refractivity contribution in [3.05, 3.63) is 29.8 Å². The second-order valence-electron chi connectivity index (χ2n) is 5.92. The molecule has 4 nitrogen and oxygen atoms in total. The molecule has 0 bridgehead atoms. The van der Waals surface area contributed by atoms with E-state index in [4.69, 9.17) is 9.47 Å². The lowest BCUT2D eigenvalue weighted by atomic mass is 10.0. The zero-order valence-electron chi connectivity index (χ0n) is 13.0. The van der Waals surface area contributed by atoms with E-state index in [-0.39, 0.29) is 0 Å². The van der Waals surface area contributed by atoms with Crippen molar-refractivity contribution in [1.82, 2.24) is 9.80 Å². The van der Waals surface area contributed by atoms with E-state index in [1.54, 1.807) is 7.11 Å². The number of benzene rings is 1. The van der Waals surface area contributed by atoms with Crippen LogP contribution in [0.15, 0.2) is 24.3 Å². The van der Waals surface area contributed by atoms with Crippen molar-refractivity contribution in [2.45, 2.75) is 18.9 Å². The van der Waals surface area contributed by atoms with Gasteiger partial charge in [0, 0.05) is 32.2 Å². The summed E-state index contributed by atoms with van der Waals surface area (Å²) in [6, 6.07) is 9.17. The first-order valence-electron chi connectivity index (χ1n) is 8.05. The Kier molecular flexibility index (Phi) is 5.12. The van der Waals surface area contributed by atoms with Crippen LogP contribution in [0.1, 0.15) is 24.4 Å². The van der Waals surface area contributed by atoms with Gasteiger partial charge in [0.2, 0.25) is 0 Å². The fourth-order valence-corrected chi connectivity index (χ4v) is 3.39. The molecule has 0 aromatic heterocycles. The second kappa shape index (κ2) is 7.25. The highest BCUT2D eigenvalue weighted by atomic mass is 16.5. The number of likely N-dealkylation sites (tertiary alicyclic amines) is 1. The van der Waals surface area contributed by atoms with Gasteiger partial charge in [-0.2, -0.15) is 0 Å². The Morgan fingerprint density at radius 3 is 2.57 bits per heavy atom. The summed E-state index contributed by atoms with van der Waals surface area (Å²) < 4.78 is 10.7. The summed E-state index contributed by atoms with van der Waals surface area (Å²) in [5.74, 6) is 0.941. The average Bonchev–Trinajstić information content (AvgIpc) is 3.02. The van der Waals surface area contributed by atoms with Crippen molar-refractivity contribution in [1.29, 1.82) is 0 Å². The number of nitrogens with zero attached hydrogens (tertiary/aromatic N) is 2. The normalized spacial score (nSPS) is 24.3. The Morgan fingerprint density at radius 2 is 1.86 bits per heavy atom. The van der Waals surface area contributed by atoms with E-state index in [2.05, 4.69) is 34.1 Å². The fourth-order valence-electron chi connectivity index (χ4n) is 3.39. The molecule has 0 radical (unpaired) electrons. The number of hydrogen-bond acceptors (Lipinski definition) is 4. The quantitative estimate of drug-likeness (QED) is 0.830. The molecule has 0 amide bonds. The molecule has 2 aliphatic rings. The van der Waals surface area contributed by atoms with Gasteiger partial charge in [0.25, 0.3) is 0 Å². The summed E-state index contributed by atoms with van der Waals surface area (Å²) in [5.41, 5.74) is 1.43. The molecular formula is C17H26N2O2. The van der Waals surface area contributed by atoms with E-state index < -0.39 is 0 Å². The third-order valence-electron chi connectivity index (χ3n) is 4.67. The van der Waals surface area contributed by atoms with Gasteiger partial charge < -0.3 is 9.47 Å². The highest BCUT2D eigenvalue weighted by molar-refractivity contribution is 5.29. The molecule has 116 valence electrons. The van der Waals surface area contributed by atoms with Crippen LogP contribution in [0.4, 0.5) is 0 Å². The van der Waals surface area contributed by atoms with Crippen LogP contribution in [0.3, 0.4) is 0 Å². The summed E-state index contributed by atoms with van der Waals surface area (Å²) in [7, 11) is 1.72. The second-order valence-corrected chi connectivity index (χ2v) is 5.92. The lowest BCUT2D eigenvalue weighted by Gasteiger charge is -2.31. The summed E-state index contributed by atoms with van der Waals surface area (Å²) in [5, 5.41) is 0. The predicted molar refractivity (Wildman–Crippen MR) is 83.8 cm³/mol. The summed E-state index contributed by atoms with van der Waals surface area (Å²) in [4.78, 5) is 5.16. The van der Waals surface area contributed by atoms with Crippen LogP contribution in [0, 0.1) is 0 Å². The Morgan fingerprint density at radius 1 is 1.10 bits per heavy atom. The number of rotatable bonds is 5. The maximum absolute atomic E-state index is 5.42. The summed E-state index contributed by atoms with van der Waals surface area (Å²) in [6.45, 7) is 7.50. The molecule has 2 aliphatic heterocycles. The van der Waals surface area contributed by atoms with E-state index in [0.717, 1.165) is 45.1 Å². The Bertz CT molecular complexity index is 429. The fraction of sp³-hybridized carbons (Fsp3) is 0.647.